The Labute approximate surface area is 234 Å². The number of hydrogen-bond acceptors (Lipinski definition) is 0. The Balaban J connectivity index is 0. The molecule has 0 spiro atoms. The van der Waals surface area contributed by atoms with Gasteiger partial charge in [-0.05, 0) is 0 Å². The van der Waals surface area contributed by atoms with Gasteiger partial charge in [-0.15, -0.1) is 186 Å². The second-order valence-electron chi connectivity index (χ2n) is 0. The van der Waals surface area contributed by atoms with Crippen LogP contribution in [0.15, 0.2) is 0 Å². The molecule has 0 radical (unpaired) electrons. The van der Waals surface area contributed by atoms with Gasteiger partial charge in [0.25, 0.3) is 0 Å². The van der Waals surface area contributed by atoms with E-state index in [0.29, 0.717) is 0 Å². The van der Waals surface area contributed by atoms with Crippen LogP contribution in [0.4, 0.5) is 0 Å². The summed E-state index contributed by atoms with van der Waals surface area (Å²) < 4.78 is 0. The molecule has 0 amide bonds. The molecule has 0 bridgehead atoms. The van der Waals surface area contributed by atoms with E-state index in [1.165, 1.54) is 0 Å². The molecule has 0 nitrogen and oxygen atoms in total. The molecule has 0 saturated heterocycles. The molecule has 0 aromatic rings. The van der Waals surface area contributed by atoms with Gasteiger partial charge in [0.2, 0.25) is 0 Å². The Kier molecular flexibility index (Phi) is 5140. The van der Waals surface area contributed by atoms with E-state index in [1.54, 1.807) is 0 Å². The number of rotatable bonds is 0. The molecule has 0 rings (SSSR count). The SMILES string of the molecule is Cl.Cl.Cl.Cl.Cl.Cl.Cl.Cl.Cl.Cl.Cl.Cl.Cl.Cl.Cl.[H-].[H-].[H-].[H-].[Mg+2].[Mg+2]. The Morgan fingerprint density at radius 1 is 0.176 bits per heavy atom. The van der Waals surface area contributed by atoms with Crippen molar-refractivity contribution in [3.63, 3.8) is 0 Å². The summed E-state index contributed by atoms with van der Waals surface area (Å²) in [5.41, 5.74) is 0. The van der Waals surface area contributed by atoms with E-state index in [2.05, 4.69) is 0 Å². The molecule has 0 aliphatic rings. The van der Waals surface area contributed by atoms with E-state index in [1.807, 2.05) is 0 Å². The molecule has 0 N–H and O–H groups in total. The Hall–Kier alpha value is 5.88. The second-order valence-corrected chi connectivity index (χ2v) is 0. The van der Waals surface area contributed by atoms with Crippen LogP contribution in [0.25, 0.3) is 0 Å². The van der Waals surface area contributed by atoms with Gasteiger partial charge in [-0.25, -0.2) is 0 Å². The summed E-state index contributed by atoms with van der Waals surface area (Å²) in [5, 5.41) is 0. The summed E-state index contributed by atoms with van der Waals surface area (Å²) in [6.07, 6.45) is 0. The van der Waals surface area contributed by atoms with E-state index < -0.39 is 0 Å². The number of hydrogen-bond donors (Lipinski definition) is 0. The van der Waals surface area contributed by atoms with Crippen LogP contribution in [-0.2, 0) is 0 Å². The largest absolute Gasteiger partial charge is 2.00 e. The summed E-state index contributed by atoms with van der Waals surface area (Å²) in [6, 6.07) is 0. The molecular weight excluding hydrogens is 580 g/mol. The average molecular weight is 600 g/mol. The normalized spacial score (nSPS) is 0. The van der Waals surface area contributed by atoms with E-state index in [9.17, 15) is 0 Å². The molecule has 0 aromatic carbocycles. The third-order valence-electron chi connectivity index (χ3n) is 0. The van der Waals surface area contributed by atoms with Gasteiger partial charge in [-0.2, -0.15) is 0 Å². The molecule has 0 saturated carbocycles. The first kappa shape index (κ1) is 317. The minimum absolute atomic E-state index is 0. The maximum atomic E-state index is 0. The van der Waals surface area contributed by atoms with Crippen molar-refractivity contribution >= 4 is 232 Å². The Morgan fingerprint density at radius 2 is 0.176 bits per heavy atom. The van der Waals surface area contributed by atoms with Crippen LogP contribution in [-0.4, -0.2) is 46.1 Å². The topological polar surface area (TPSA) is 0 Å². The van der Waals surface area contributed by atoms with E-state index in [4.69, 9.17) is 0 Å². The maximum absolute atomic E-state index is 0. The van der Waals surface area contributed by atoms with Crippen molar-refractivity contribution in [2.24, 2.45) is 0 Å². The zero-order valence-corrected chi connectivity index (χ0v) is 22.6. The average Bonchev–Trinajstić information content (AvgIpc) is 0. The van der Waals surface area contributed by atoms with Crippen molar-refractivity contribution in [1.29, 1.82) is 0 Å². The van der Waals surface area contributed by atoms with Crippen molar-refractivity contribution < 1.29 is 5.71 Å². The Bertz CT molecular complexity index is 23.6. The maximum Gasteiger partial charge on any atom is 2.00 e. The second kappa shape index (κ2) is 276. The summed E-state index contributed by atoms with van der Waals surface area (Å²) in [6.45, 7) is 0. The summed E-state index contributed by atoms with van der Waals surface area (Å²) >= 11 is 0. The zero-order valence-electron chi connectivity index (χ0n) is 11.5. The van der Waals surface area contributed by atoms with Gasteiger partial charge < -0.3 is 5.71 Å². The predicted molar refractivity (Wildman–Crippen MR) is 125 cm³/mol. The van der Waals surface area contributed by atoms with Gasteiger partial charge in [0.1, 0.15) is 0 Å². The quantitative estimate of drug-likeness (QED) is 0.299. The first-order valence-corrected chi connectivity index (χ1v) is 0. The molecule has 17 heavy (non-hydrogen) atoms. The Morgan fingerprint density at radius 3 is 0.176 bits per heavy atom. The smallest absolute Gasteiger partial charge is 1.00 e. The third-order valence-corrected chi connectivity index (χ3v) is 0. The molecule has 0 aromatic heterocycles. The zero-order chi connectivity index (χ0) is 0. The fourth-order valence-corrected chi connectivity index (χ4v) is 0. The molecular formula is H19Cl15Mg2. The minimum Gasteiger partial charge on any atom is -1.00 e. The van der Waals surface area contributed by atoms with Crippen LogP contribution in [0.1, 0.15) is 5.71 Å². The molecule has 0 unspecified atom stereocenters. The van der Waals surface area contributed by atoms with Crippen molar-refractivity contribution in [3.05, 3.63) is 0 Å². The van der Waals surface area contributed by atoms with Crippen LogP contribution in [0.2, 0.25) is 0 Å². The van der Waals surface area contributed by atoms with E-state index >= 15 is 0 Å². The third kappa shape index (κ3) is 250. The van der Waals surface area contributed by atoms with Crippen molar-refractivity contribution in [3.8, 4) is 0 Å². The van der Waals surface area contributed by atoms with Gasteiger partial charge in [0.15, 0.2) is 0 Å². The molecule has 17 heteroatoms. The van der Waals surface area contributed by atoms with Crippen LogP contribution in [0.5, 0.6) is 0 Å². The van der Waals surface area contributed by atoms with Crippen molar-refractivity contribution in [2.45, 2.75) is 0 Å². The van der Waals surface area contributed by atoms with Crippen LogP contribution in [0.3, 0.4) is 0 Å². The summed E-state index contributed by atoms with van der Waals surface area (Å²) in [7, 11) is 0. The van der Waals surface area contributed by atoms with E-state index in [0.717, 1.165) is 0 Å². The molecule has 0 fully saturated rings. The molecule has 128 valence electrons. The molecule has 0 heterocycles. The van der Waals surface area contributed by atoms with E-state index in [-0.39, 0.29) is 238 Å². The van der Waals surface area contributed by atoms with Gasteiger partial charge in [-0.1, -0.05) is 0 Å². The summed E-state index contributed by atoms with van der Waals surface area (Å²) in [4.78, 5) is 0. The minimum atomic E-state index is 0. The standard InChI is InChI=1S/15ClH.2Mg.4H/h15*1H;;;;;;/q;;;;;;;;;;;;;;;2*+2;4*-1. The predicted octanol–water partition coefficient (Wildman–Crippen LogP) is 6.02. The first-order chi connectivity index (χ1) is 0. The first-order valence-electron chi connectivity index (χ1n) is 0. The summed E-state index contributed by atoms with van der Waals surface area (Å²) in [5.74, 6) is 0. The number of halogens is 15. The van der Waals surface area contributed by atoms with Gasteiger partial charge in [0.05, 0.1) is 0 Å². The molecule has 0 aliphatic carbocycles. The fourth-order valence-electron chi connectivity index (χ4n) is 0. The van der Waals surface area contributed by atoms with Gasteiger partial charge >= 0.3 is 46.1 Å². The monoisotopic (exact) mass is 592 g/mol. The van der Waals surface area contributed by atoms with Crippen LogP contribution in [0, 0.1) is 0 Å². The fraction of sp³-hybridized carbons (Fsp3) is 0. The van der Waals surface area contributed by atoms with Crippen LogP contribution < -0.4 is 0 Å². The van der Waals surface area contributed by atoms with Crippen molar-refractivity contribution in [1.82, 2.24) is 0 Å². The van der Waals surface area contributed by atoms with Crippen molar-refractivity contribution in [2.75, 3.05) is 0 Å². The van der Waals surface area contributed by atoms with Gasteiger partial charge in [-0.3, -0.25) is 0 Å². The van der Waals surface area contributed by atoms with Gasteiger partial charge in [0, 0.05) is 0 Å². The van der Waals surface area contributed by atoms with Crippen LogP contribution >= 0.6 is 186 Å². The molecule has 0 atom stereocenters. The molecule has 0 aliphatic heterocycles.